The highest BCUT2D eigenvalue weighted by atomic mass is 16.2. The van der Waals surface area contributed by atoms with E-state index in [-0.39, 0.29) is 5.91 Å². The first kappa shape index (κ1) is 14.1. The lowest BCUT2D eigenvalue weighted by molar-refractivity contribution is 0.0932. The van der Waals surface area contributed by atoms with Gasteiger partial charge in [-0.25, -0.2) is 0 Å². The summed E-state index contributed by atoms with van der Waals surface area (Å²) in [7, 11) is 0. The van der Waals surface area contributed by atoms with Gasteiger partial charge < -0.3 is 11.1 Å². The van der Waals surface area contributed by atoms with Crippen molar-refractivity contribution < 1.29 is 4.79 Å². The number of aromatic nitrogens is 2. The van der Waals surface area contributed by atoms with Gasteiger partial charge in [-0.2, -0.15) is 5.10 Å². The molecule has 0 saturated heterocycles. The summed E-state index contributed by atoms with van der Waals surface area (Å²) in [6.07, 6.45) is 4.39. The topological polar surface area (TPSA) is 72.9 Å². The van der Waals surface area contributed by atoms with Crippen molar-refractivity contribution in [2.24, 2.45) is 11.7 Å². The molecule has 0 unspecified atom stereocenters. The Bertz CT molecular complexity index is 433. The lowest BCUT2D eigenvalue weighted by Crippen LogP contribution is -2.35. The van der Waals surface area contributed by atoms with E-state index < -0.39 is 0 Å². The third-order valence-electron chi connectivity index (χ3n) is 3.88. The zero-order chi connectivity index (χ0) is 13.8. The number of carbonyl (C=O) groups excluding carboxylic acids is 1. The molecule has 5 nitrogen and oxygen atoms in total. The summed E-state index contributed by atoms with van der Waals surface area (Å²) in [6, 6.07) is 2.20. The first-order chi connectivity index (χ1) is 9.10. The molecule has 1 aromatic rings. The smallest absolute Gasteiger partial charge is 0.269 e. The summed E-state index contributed by atoms with van der Waals surface area (Å²) in [5.74, 6) is 0.556. The van der Waals surface area contributed by atoms with E-state index in [0.29, 0.717) is 17.7 Å². The second kappa shape index (κ2) is 6.19. The molecule has 0 bridgehead atoms. The van der Waals surface area contributed by atoms with Gasteiger partial charge in [0.05, 0.1) is 5.69 Å². The minimum atomic E-state index is -0.0164. The maximum Gasteiger partial charge on any atom is 0.269 e. The van der Waals surface area contributed by atoms with Crippen molar-refractivity contribution in [3.8, 4) is 0 Å². The summed E-state index contributed by atoms with van der Waals surface area (Å²) in [5.41, 5.74) is 7.43. The number of rotatable bonds is 4. The lowest BCUT2D eigenvalue weighted by atomic mass is 9.86. The third kappa shape index (κ3) is 3.56. The van der Waals surface area contributed by atoms with E-state index in [1.165, 1.54) is 0 Å². The van der Waals surface area contributed by atoms with Crippen LogP contribution in [0.4, 0.5) is 0 Å². The van der Waals surface area contributed by atoms with Gasteiger partial charge in [0.25, 0.3) is 5.91 Å². The molecule has 0 aliphatic heterocycles. The van der Waals surface area contributed by atoms with Crippen LogP contribution < -0.4 is 11.1 Å². The number of hydrogen-bond donors (Lipinski definition) is 2. The molecule has 2 rings (SSSR count). The van der Waals surface area contributed by atoms with Crippen molar-refractivity contribution in [2.45, 2.75) is 52.1 Å². The molecule has 0 atom stereocenters. The van der Waals surface area contributed by atoms with Gasteiger partial charge in [0.1, 0.15) is 5.69 Å². The summed E-state index contributed by atoms with van der Waals surface area (Å²) < 4.78 is 1.75. The number of amides is 1. The van der Waals surface area contributed by atoms with Crippen molar-refractivity contribution in [2.75, 3.05) is 6.54 Å². The first-order valence-electron chi connectivity index (χ1n) is 7.18. The number of nitrogens with two attached hydrogens (primary N) is 1. The Kier molecular flexibility index (Phi) is 4.58. The lowest BCUT2D eigenvalue weighted by Gasteiger charge is -2.26. The van der Waals surface area contributed by atoms with Gasteiger partial charge in [0.15, 0.2) is 0 Å². The van der Waals surface area contributed by atoms with Crippen LogP contribution in [-0.4, -0.2) is 28.3 Å². The zero-order valence-corrected chi connectivity index (χ0v) is 11.9. The van der Waals surface area contributed by atoms with E-state index in [1.807, 2.05) is 19.9 Å². The van der Waals surface area contributed by atoms with Crippen LogP contribution in [0, 0.1) is 12.8 Å². The van der Waals surface area contributed by atoms with E-state index in [4.69, 9.17) is 5.73 Å². The molecule has 0 aromatic carbocycles. The van der Waals surface area contributed by atoms with Crippen LogP contribution >= 0.6 is 0 Å². The molecule has 3 N–H and O–H groups in total. The van der Waals surface area contributed by atoms with Gasteiger partial charge in [-0.1, -0.05) is 0 Å². The minimum Gasteiger partial charge on any atom is -0.350 e. The van der Waals surface area contributed by atoms with Crippen LogP contribution in [0.25, 0.3) is 0 Å². The van der Waals surface area contributed by atoms with Gasteiger partial charge in [0.2, 0.25) is 0 Å². The van der Waals surface area contributed by atoms with Crippen LogP contribution in [0.3, 0.4) is 0 Å². The van der Waals surface area contributed by atoms with Crippen LogP contribution in [0.15, 0.2) is 6.07 Å². The molecule has 1 aliphatic rings. The van der Waals surface area contributed by atoms with Crippen LogP contribution in [0.1, 0.15) is 48.8 Å². The van der Waals surface area contributed by atoms with Crippen LogP contribution in [0.2, 0.25) is 0 Å². The Balaban J connectivity index is 1.87. The van der Waals surface area contributed by atoms with Gasteiger partial charge in [0, 0.05) is 19.1 Å². The molecule has 1 aromatic heterocycles. The Labute approximate surface area is 114 Å². The first-order valence-corrected chi connectivity index (χ1v) is 7.18. The van der Waals surface area contributed by atoms with Crippen molar-refractivity contribution in [3.05, 3.63) is 17.5 Å². The number of nitrogens with one attached hydrogen (secondary N) is 1. The fraction of sp³-hybridized carbons (Fsp3) is 0.714. The predicted octanol–water partition coefficient (Wildman–Crippen LogP) is 1.46. The second-order valence-electron chi connectivity index (χ2n) is 5.48. The maximum absolute atomic E-state index is 12.1. The average Bonchev–Trinajstić information content (AvgIpc) is 2.79. The molecule has 1 saturated carbocycles. The SMILES string of the molecule is CCn1nc(C)cc1C(=O)NCC1CCC(N)CC1. The molecule has 1 fully saturated rings. The average molecular weight is 264 g/mol. The Morgan fingerprint density at radius 1 is 1.47 bits per heavy atom. The largest absolute Gasteiger partial charge is 0.350 e. The van der Waals surface area contributed by atoms with Gasteiger partial charge in [-0.05, 0) is 51.5 Å². The molecule has 106 valence electrons. The van der Waals surface area contributed by atoms with Crippen molar-refractivity contribution >= 4 is 5.91 Å². The van der Waals surface area contributed by atoms with Gasteiger partial charge in [-0.3, -0.25) is 9.48 Å². The van der Waals surface area contributed by atoms with E-state index >= 15 is 0 Å². The van der Waals surface area contributed by atoms with Crippen LogP contribution in [-0.2, 0) is 6.54 Å². The predicted molar refractivity (Wildman–Crippen MR) is 74.9 cm³/mol. The summed E-state index contributed by atoms with van der Waals surface area (Å²) in [4.78, 5) is 12.1. The minimum absolute atomic E-state index is 0.0164. The van der Waals surface area contributed by atoms with E-state index in [9.17, 15) is 4.79 Å². The highest BCUT2D eigenvalue weighted by Crippen LogP contribution is 2.22. The standard InChI is InChI=1S/C14H24N4O/c1-3-18-13(8-10(2)17-18)14(19)16-9-11-4-6-12(15)7-5-11/h8,11-12H,3-7,9,15H2,1-2H3,(H,16,19). The van der Waals surface area contributed by atoms with Crippen molar-refractivity contribution in [1.82, 2.24) is 15.1 Å². The fourth-order valence-electron chi connectivity index (χ4n) is 2.69. The fourth-order valence-corrected chi connectivity index (χ4v) is 2.69. The van der Waals surface area contributed by atoms with E-state index in [1.54, 1.807) is 4.68 Å². The normalized spacial score (nSPS) is 23.3. The number of hydrogen-bond acceptors (Lipinski definition) is 3. The van der Waals surface area contributed by atoms with Gasteiger partial charge >= 0.3 is 0 Å². The molecule has 5 heteroatoms. The highest BCUT2D eigenvalue weighted by molar-refractivity contribution is 5.92. The van der Waals surface area contributed by atoms with E-state index in [0.717, 1.165) is 44.5 Å². The second-order valence-corrected chi connectivity index (χ2v) is 5.48. The monoisotopic (exact) mass is 264 g/mol. The quantitative estimate of drug-likeness (QED) is 0.864. The molecular formula is C14H24N4O. The molecule has 1 heterocycles. The molecule has 1 amide bonds. The summed E-state index contributed by atoms with van der Waals surface area (Å²) in [5, 5.41) is 7.33. The number of nitrogens with zero attached hydrogens (tertiary/aromatic N) is 2. The summed E-state index contributed by atoms with van der Waals surface area (Å²) in [6.45, 7) is 5.37. The third-order valence-corrected chi connectivity index (χ3v) is 3.88. The highest BCUT2D eigenvalue weighted by Gasteiger charge is 2.20. The Hall–Kier alpha value is -1.36. The molecule has 1 aliphatic carbocycles. The van der Waals surface area contributed by atoms with Gasteiger partial charge in [-0.15, -0.1) is 0 Å². The molecule has 0 spiro atoms. The summed E-state index contributed by atoms with van der Waals surface area (Å²) >= 11 is 0. The van der Waals surface area contributed by atoms with E-state index in [2.05, 4.69) is 10.4 Å². The molecular weight excluding hydrogens is 240 g/mol. The van der Waals surface area contributed by atoms with Crippen molar-refractivity contribution in [3.63, 3.8) is 0 Å². The van der Waals surface area contributed by atoms with Crippen LogP contribution in [0.5, 0.6) is 0 Å². The molecule has 0 radical (unpaired) electrons. The zero-order valence-electron chi connectivity index (χ0n) is 11.9. The maximum atomic E-state index is 12.1. The Morgan fingerprint density at radius 2 is 2.16 bits per heavy atom. The Morgan fingerprint density at radius 3 is 2.79 bits per heavy atom. The number of aryl methyl sites for hydroxylation is 2. The number of carbonyl (C=O) groups is 1. The van der Waals surface area contributed by atoms with Crippen molar-refractivity contribution in [1.29, 1.82) is 0 Å². The molecule has 19 heavy (non-hydrogen) atoms.